The molecule has 0 radical (unpaired) electrons. The van der Waals surface area contributed by atoms with Crippen molar-refractivity contribution in [3.63, 3.8) is 0 Å². The average molecular weight is 420 g/mol. The van der Waals surface area contributed by atoms with Gasteiger partial charge in [-0.25, -0.2) is 9.48 Å². The summed E-state index contributed by atoms with van der Waals surface area (Å²) in [5.74, 6) is -0.279. The minimum atomic E-state index is -0.365. The summed E-state index contributed by atoms with van der Waals surface area (Å²) in [5.41, 5.74) is 1.65. The average Bonchev–Trinajstić information content (AvgIpc) is 3.29. The van der Waals surface area contributed by atoms with Crippen molar-refractivity contribution >= 4 is 34.1 Å². The second-order valence-corrected chi connectivity index (χ2v) is 7.20. The molecule has 9 nitrogen and oxygen atoms in total. The number of nitrogens with zero attached hydrogens (tertiary/aromatic N) is 5. The Morgan fingerprint density at radius 3 is 2.58 bits per heavy atom. The number of hydrogen-bond acceptors (Lipinski definition) is 4. The van der Waals surface area contributed by atoms with Gasteiger partial charge in [0.25, 0.3) is 0 Å². The largest absolute Gasteiger partial charge is 0.350 e. The molecule has 31 heavy (non-hydrogen) atoms. The van der Waals surface area contributed by atoms with E-state index in [4.69, 9.17) is 0 Å². The maximum absolute atomic E-state index is 12.5. The third-order valence-electron chi connectivity index (χ3n) is 5.26. The molecule has 0 unspecified atom stereocenters. The van der Waals surface area contributed by atoms with Crippen LogP contribution in [0.4, 0.5) is 5.69 Å². The van der Waals surface area contributed by atoms with Gasteiger partial charge in [-0.15, -0.1) is 5.10 Å². The van der Waals surface area contributed by atoms with E-state index in [1.807, 2.05) is 42.8 Å². The molecule has 4 rings (SSSR count). The number of hydrogen-bond donors (Lipinski definition) is 1. The summed E-state index contributed by atoms with van der Waals surface area (Å²) in [6.07, 6.45) is 3.48. The number of rotatable bonds is 7. The molecular weight excluding hydrogens is 396 g/mol. The first-order chi connectivity index (χ1) is 15.0. The highest BCUT2D eigenvalue weighted by molar-refractivity contribution is 5.94. The van der Waals surface area contributed by atoms with Crippen LogP contribution in [0.3, 0.4) is 0 Å². The van der Waals surface area contributed by atoms with Crippen molar-refractivity contribution in [2.45, 2.75) is 26.9 Å². The van der Waals surface area contributed by atoms with Crippen LogP contribution in [0.2, 0.25) is 0 Å². The Bertz CT molecular complexity index is 1310. The molecule has 0 aliphatic carbocycles. The lowest BCUT2D eigenvalue weighted by atomic mass is 10.2. The zero-order chi connectivity index (χ0) is 22.0. The second-order valence-electron chi connectivity index (χ2n) is 7.20. The van der Waals surface area contributed by atoms with E-state index in [0.717, 1.165) is 15.6 Å². The van der Waals surface area contributed by atoms with Crippen LogP contribution < -0.4 is 11.0 Å². The first-order valence-electron chi connectivity index (χ1n) is 10.2. The normalized spacial score (nSPS) is 11.2. The highest BCUT2D eigenvalue weighted by atomic mass is 16.2. The fourth-order valence-electron chi connectivity index (χ4n) is 3.65. The van der Waals surface area contributed by atoms with Crippen LogP contribution in [0.25, 0.3) is 16.6 Å². The molecule has 4 aromatic rings. The number of amides is 2. The monoisotopic (exact) mass is 420 g/mol. The summed E-state index contributed by atoms with van der Waals surface area (Å²) >= 11 is 0. The predicted octanol–water partition coefficient (Wildman–Crippen LogP) is 1.96. The molecule has 0 fully saturated rings. The van der Waals surface area contributed by atoms with Gasteiger partial charge in [0.05, 0.1) is 0 Å². The van der Waals surface area contributed by atoms with Gasteiger partial charge in [0.15, 0.2) is 5.65 Å². The van der Waals surface area contributed by atoms with E-state index in [1.165, 1.54) is 4.40 Å². The first kappa shape index (κ1) is 20.4. The van der Waals surface area contributed by atoms with E-state index in [2.05, 4.69) is 10.4 Å². The Morgan fingerprint density at radius 1 is 1.03 bits per heavy atom. The molecule has 0 atom stereocenters. The molecule has 0 aliphatic rings. The molecule has 1 N–H and O–H groups in total. The molecule has 0 bridgehead atoms. The fourth-order valence-corrected chi connectivity index (χ4v) is 3.65. The standard InChI is InChI=1S/C22H24N6O3/c1-3-25(4-2)21(30)15-26-12-10-16-13-17(8-9-18(16)26)23-20(29)14-28-22(31)27-11-6-5-7-19(27)24-28/h5-13H,3-4,14-15H2,1-2H3,(H,23,29). The molecule has 1 aromatic carbocycles. The van der Waals surface area contributed by atoms with Crippen molar-refractivity contribution in [3.8, 4) is 0 Å². The number of pyridine rings is 1. The van der Waals surface area contributed by atoms with Crippen LogP contribution in [0.15, 0.2) is 59.7 Å². The van der Waals surface area contributed by atoms with Gasteiger partial charge < -0.3 is 14.8 Å². The fraction of sp³-hybridized carbons (Fsp3) is 0.273. The maximum Gasteiger partial charge on any atom is 0.350 e. The summed E-state index contributed by atoms with van der Waals surface area (Å²) < 4.78 is 4.43. The molecule has 3 aromatic heterocycles. The van der Waals surface area contributed by atoms with E-state index in [1.54, 1.807) is 35.4 Å². The third kappa shape index (κ3) is 4.07. The molecule has 2 amide bonds. The molecule has 160 valence electrons. The molecule has 3 heterocycles. The Morgan fingerprint density at radius 2 is 1.84 bits per heavy atom. The van der Waals surface area contributed by atoms with Crippen LogP contribution in [-0.2, 0) is 22.7 Å². The molecule has 9 heteroatoms. The number of fused-ring (bicyclic) bond motifs is 2. The minimum Gasteiger partial charge on any atom is -0.342 e. The van der Waals surface area contributed by atoms with Crippen molar-refractivity contribution in [2.75, 3.05) is 18.4 Å². The molecule has 0 saturated carbocycles. The van der Waals surface area contributed by atoms with Crippen molar-refractivity contribution in [1.82, 2.24) is 23.6 Å². The number of benzene rings is 1. The van der Waals surface area contributed by atoms with E-state index < -0.39 is 0 Å². The smallest absolute Gasteiger partial charge is 0.342 e. The number of nitrogens with one attached hydrogen (secondary N) is 1. The van der Waals surface area contributed by atoms with Gasteiger partial charge in [-0.05, 0) is 50.2 Å². The summed E-state index contributed by atoms with van der Waals surface area (Å²) in [6.45, 7) is 5.38. The van der Waals surface area contributed by atoms with Gasteiger partial charge in [-0.1, -0.05) is 6.07 Å². The van der Waals surface area contributed by atoms with Crippen LogP contribution in [0.5, 0.6) is 0 Å². The Balaban J connectivity index is 1.47. The zero-order valence-corrected chi connectivity index (χ0v) is 17.5. The second kappa shape index (κ2) is 8.47. The van der Waals surface area contributed by atoms with E-state index in [-0.39, 0.29) is 30.6 Å². The number of carbonyl (C=O) groups excluding carboxylic acids is 2. The van der Waals surface area contributed by atoms with E-state index in [9.17, 15) is 14.4 Å². The van der Waals surface area contributed by atoms with Crippen molar-refractivity contribution in [3.05, 3.63) is 65.3 Å². The van der Waals surface area contributed by atoms with E-state index in [0.29, 0.717) is 24.4 Å². The first-order valence-corrected chi connectivity index (χ1v) is 10.2. The van der Waals surface area contributed by atoms with Crippen LogP contribution in [0, 0.1) is 0 Å². The van der Waals surface area contributed by atoms with Crippen LogP contribution in [-0.4, -0.2) is 48.6 Å². The SMILES string of the molecule is CCN(CC)C(=O)Cn1ccc2cc(NC(=O)Cn3nc4ccccn4c3=O)ccc21. The third-order valence-corrected chi connectivity index (χ3v) is 5.26. The molecule has 0 aliphatic heterocycles. The highest BCUT2D eigenvalue weighted by Gasteiger charge is 2.13. The van der Waals surface area contributed by atoms with Crippen LogP contribution >= 0.6 is 0 Å². The summed E-state index contributed by atoms with van der Waals surface area (Å²) in [5, 5.41) is 7.89. The van der Waals surface area contributed by atoms with Gasteiger partial charge in [0, 0.05) is 42.1 Å². The summed E-state index contributed by atoms with van der Waals surface area (Å²) in [6, 6.07) is 12.6. The van der Waals surface area contributed by atoms with Gasteiger partial charge in [-0.2, -0.15) is 0 Å². The van der Waals surface area contributed by atoms with Crippen molar-refractivity contribution < 1.29 is 9.59 Å². The van der Waals surface area contributed by atoms with E-state index >= 15 is 0 Å². The lowest BCUT2D eigenvalue weighted by Crippen LogP contribution is -2.33. The number of likely N-dealkylation sites (N-methyl/N-ethyl adjacent to an activating group) is 1. The minimum absolute atomic E-state index is 0.0674. The van der Waals surface area contributed by atoms with Gasteiger partial charge in [0.2, 0.25) is 11.8 Å². The lowest BCUT2D eigenvalue weighted by Gasteiger charge is -2.19. The highest BCUT2D eigenvalue weighted by Crippen LogP contribution is 2.21. The van der Waals surface area contributed by atoms with Crippen molar-refractivity contribution in [1.29, 1.82) is 0 Å². The van der Waals surface area contributed by atoms with Gasteiger partial charge in [-0.3, -0.25) is 14.0 Å². The van der Waals surface area contributed by atoms with Gasteiger partial charge >= 0.3 is 5.69 Å². The topological polar surface area (TPSA) is 93.6 Å². The predicted molar refractivity (Wildman–Crippen MR) is 118 cm³/mol. The van der Waals surface area contributed by atoms with Crippen LogP contribution in [0.1, 0.15) is 13.8 Å². The number of carbonyl (C=O) groups is 2. The molecule has 0 saturated heterocycles. The number of anilines is 1. The van der Waals surface area contributed by atoms with Crippen molar-refractivity contribution in [2.24, 2.45) is 0 Å². The Hall–Kier alpha value is -3.88. The molecule has 0 spiro atoms. The molecular formula is C22H24N6O3. The Kier molecular flexibility index (Phi) is 5.57. The maximum atomic E-state index is 12.5. The lowest BCUT2D eigenvalue weighted by molar-refractivity contribution is -0.131. The summed E-state index contributed by atoms with van der Waals surface area (Å²) in [7, 11) is 0. The van der Waals surface area contributed by atoms with Gasteiger partial charge in [0.1, 0.15) is 13.1 Å². The zero-order valence-electron chi connectivity index (χ0n) is 17.5. The number of aromatic nitrogens is 4. The quantitative estimate of drug-likeness (QED) is 0.495. The summed E-state index contributed by atoms with van der Waals surface area (Å²) in [4.78, 5) is 39.0. The Labute approximate surface area is 178 Å².